The van der Waals surface area contributed by atoms with Gasteiger partial charge in [0.25, 0.3) is 5.91 Å². The molecule has 0 unspecified atom stereocenters. The van der Waals surface area contributed by atoms with Crippen LogP contribution in [0.1, 0.15) is 10.5 Å². The summed E-state index contributed by atoms with van der Waals surface area (Å²) in [4.78, 5) is 27.6. The number of aromatic nitrogens is 1. The van der Waals surface area contributed by atoms with Crippen LogP contribution in [-0.2, 0) is 0 Å². The number of pyridine rings is 1. The molecule has 3 rings (SSSR count). The number of halogens is 1. The lowest BCUT2D eigenvalue weighted by Crippen LogP contribution is -2.20. The van der Waals surface area contributed by atoms with Gasteiger partial charge in [-0.25, -0.2) is 9.18 Å². The van der Waals surface area contributed by atoms with Gasteiger partial charge in [-0.3, -0.25) is 9.78 Å². The lowest BCUT2D eigenvalue weighted by molar-refractivity contribution is 0.0958. The van der Waals surface area contributed by atoms with E-state index in [1.165, 1.54) is 37.5 Å². The number of hydrogen-bond donors (Lipinski definition) is 3. The summed E-state index contributed by atoms with van der Waals surface area (Å²) in [5.74, 6) is 0.126. The van der Waals surface area contributed by atoms with Gasteiger partial charge in [0.15, 0.2) is 0 Å². The van der Waals surface area contributed by atoms with Crippen LogP contribution in [0.3, 0.4) is 0 Å². The summed E-state index contributed by atoms with van der Waals surface area (Å²) in [7, 11) is 1.52. The van der Waals surface area contributed by atoms with Gasteiger partial charge in [0.05, 0.1) is 5.69 Å². The number of anilines is 2. The summed E-state index contributed by atoms with van der Waals surface area (Å²) in [5.41, 5.74) is 0.828. The first-order valence-corrected chi connectivity index (χ1v) is 8.34. The Hall–Kier alpha value is -3.94. The third-order valence-corrected chi connectivity index (χ3v) is 3.66. The van der Waals surface area contributed by atoms with Crippen molar-refractivity contribution in [1.29, 1.82) is 0 Å². The van der Waals surface area contributed by atoms with Gasteiger partial charge in [-0.05, 0) is 42.5 Å². The van der Waals surface area contributed by atoms with Crippen LogP contribution in [0.2, 0.25) is 0 Å². The van der Waals surface area contributed by atoms with E-state index in [9.17, 15) is 14.0 Å². The van der Waals surface area contributed by atoms with Crippen LogP contribution in [0.25, 0.3) is 0 Å². The Labute approximate surface area is 160 Å². The molecule has 0 bridgehead atoms. The zero-order valence-corrected chi connectivity index (χ0v) is 14.9. The standard InChI is InChI=1S/C20H17FN4O3/c1-22-19(26)18-12-15(10-11-23-18)28-14-8-6-13(7-9-14)24-20(27)25-17-5-3-2-4-16(17)21/h2-12H,1H3,(H,22,26)(H2,24,25,27). The second kappa shape index (κ2) is 8.63. The fraction of sp³-hybridized carbons (Fsp3) is 0.0500. The number of hydrogen-bond acceptors (Lipinski definition) is 4. The maximum Gasteiger partial charge on any atom is 0.323 e. The molecule has 1 aromatic heterocycles. The fourth-order valence-electron chi connectivity index (χ4n) is 2.32. The third-order valence-electron chi connectivity index (χ3n) is 3.66. The normalized spacial score (nSPS) is 10.1. The van der Waals surface area contributed by atoms with Gasteiger partial charge in [0, 0.05) is 25.0 Å². The molecule has 8 heteroatoms. The van der Waals surface area contributed by atoms with Crippen LogP contribution in [0.15, 0.2) is 66.9 Å². The molecule has 0 fully saturated rings. The predicted molar refractivity (Wildman–Crippen MR) is 103 cm³/mol. The van der Waals surface area contributed by atoms with E-state index in [4.69, 9.17) is 4.74 Å². The quantitative estimate of drug-likeness (QED) is 0.623. The molecule has 0 radical (unpaired) electrons. The topological polar surface area (TPSA) is 92.4 Å². The van der Waals surface area contributed by atoms with E-state index in [0.717, 1.165) is 0 Å². The zero-order chi connectivity index (χ0) is 19.9. The summed E-state index contributed by atoms with van der Waals surface area (Å²) in [5, 5.41) is 7.53. The van der Waals surface area contributed by atoms with E-state index in [1.54, 1.807) is 36.4 Å². The molecule has 0 aliphatic carbocycles. The zero-order valence-electron chi connectivity index (χ0n) is 14.9. The molecule has 3 N–H and O–H groups in total. The minimum atomic E-state index is -0.567. The number of nitrogens with zero attached hydrogens (tertiary/aromatic N) is 1. The van der Waals surface area contributed by atoms with Crippen LogP contribution in [-0.4, -0.2) is 24.0 Å². The van der Waals surface area contributed by atoms with Crippen LogP contribution in [0.5, 0.6) is 11.5 Å². The van der Waals surface area contributed by atoms with Gasteiger partial charge in [-0.1, -0.05) is 12.1 Å². The van der Waals surface area contributed by atoms with Crippen molar-refractivity contribution in [2.24, 2.45) is 0 Å². The Morgan fingerprint density at radius 3 is 2.43 bits per heavy atom. The van der Waals surface area contributed by atoms with E-state index in [0.29, 0.717) is 17.2 Å². The molecule has 0 aliphatic heterocycles. The summed E-state index contributed by atoms with van der Waals surface area (Å²) in [6.07, 6.45) is 1.48. The first-order valence-electron chi connectivity index (χ1n) is 8.34. The summed E-state index contributed by atoms with van der Waals surface area (Å²) in [6, 6.07) is 15.0. The average Bonchev–Trinajstić information content (AvgIpc) is 2.71. The predicted octanol–water partition coefficient (Wildman–Crippen LogP) is 4.02. The van der Waals surface area contributed by atoms with Crippen LogP contribution in [0, 0.1) is 5.82 Å². The molecule has 2 aromatic carbocycles. The highest BCUT2D eigenvalue weighted by molar-refractivity contribution is 5.99. The summed E-state index contributed by atoms with van der Waals surface area (Å²) >= 11 is 0. The second-order valence-electron chi connectivity index (χ2n) is 5.64. The molecule has 0 saturated heterocycles. The molecular formula is C20H17FN4O3. The van der Waals surface area contributed by atoms with Crippen LogP contribution in [0.4, 0.5) is 20.6 Å². The summed E-state index contributed by atoms with van der Waals surface area (Å²) in [6.45, 7) is 0. The number of carbonyl (C=O) groups excluding carboxylic acids is 2. The Morgan fingerprint density at radius 2 is 1.71 bits per heavy atom. The number of urea groups is 1. The molecule has 28 heavy (non-hydrogen) atoms. The van der Waals surface area contributed by atoms with Crippen molar-refractivity contribution >= 4 is 23.3 Å². The van der Waals surface area contributed by atoms with E-state index < -0.39 is 11.8 Å². The smallest absolute Gasteiger partial charge is 0.323 e. The minimum Gasteiger partial charge on any atom is -0.457 e. The summed E-state index contributed by atoms with van der Waals surface area (Å²) < 4.78 is 19.2. The van der Waals surface area contributed by atoms with Gasteiger partial charge < -0.3 is 20.7 Å². The molecule has 0 saturated carbocycles. The largest absolute Gasteiger partial charge is 0.457 e. The highest BCUT2D eigenvalue weighted by Gasteiger charge is 2.08. The Kier molecular flexibility index (Phi) is 5.81. The second-order valence-corrected chi connectivity index (χ2v) is 5.64. The van der Waals surface area contributed by atoms with Gasteiger partial charge in [-0.2, -0.15) is 0 Å². The minimum absolute atomic E-state index is 0.0876. The molecule has 1 heterocycles. The third kappa shape index (κ3) is 4.82. The molecule has 142 valence electrons. The van der Waals surface area contributed by atoms with Crippen LogP contribution < -0.4 is 20.7 Å². The van der Waals surface area contributed by atoms with Crippen molar-refractivity contribution in [1.82, 2.24) is 10.3 Å². The number of nitrogens with one attached hydrogen (secondary N) is 3. The SMILES string of the molecule is CNC(=O)c1cc(Oc2ccc(NC(=O)Nc3ccccc3F)cc2)ccn1. The number of benzene rings is 2. The Balaban J connectivity index is 1.61. The lowest BCUT2D eigenvalue weighted by atomic mass is 10.3. The van der Waals surface area contributed by atoms with Gasteiger partial charge >= 0.3 is 6.03 Å². The first-order chi connectivity index (χ1) is 13.5. The monoisotopic (exact) mass is 380 g/mol. The average molecular weight is 380 g/mol. The maximum absolute atomic E-state index is 13.6. The molecule has 3 amide bonds. The van der Waals surface area contributed by atoms with Gasteiger partial charge in [0.1, 0.15) is 23.0 Å². The number of amides is 3. The van der Waals surface area contributed by atoms with Crippen molar-refractivity contribution in [2.45, 2.75) is 0 Å². The van der Waals surface area contributed by atoms with Crippen molar-refractivity contribution < 1.29 is 18.7 Å². The molecule has 0 atom stereocenters. The fourth-order valence-corrected chi connectivity index (χ4v) is 2.32. The van der Waals surface area contributed by atoms with E-state index >= 15 is 0 Å². The van der Waals surface area contributed by atoms with Gasteiger partial charge in [-0.15, -0.1) is 0 Å². The molecular weight excluding hydrogens is 363 g/mol. The first kappa shape index (κ1) is 18.8. The maximum atomic E-state index is 13.6. The van der Waals surface area contributed by atoms with E-state index in [2.05, 4.69) is 20.9 Å². The number of carbonyl (C=O) groups is 2. The highest BCUT2D eigenvalue weighted by atomic mass is 19.1. The van der Waals surface area contributed by atoms with E-state index in [-0.39, 0.29) is 17.3 Å². The molecule has 0 aliphatic rings. The lowest BCUT2D eigenvalue weighted by Gasteiger charge is -2.10. The Bertz CT molecular complexity index is 993. The molecule has 3 aromatic rings. The van der Waals surface area contributed by atoms with Crippen molar-refractivity contribution in [2.75, 3.05) is 17.7 Å². The van der Waals surface area contributed by atoms with Crippen molar-refractivity contribution in [3.8, 4) is 11.5 Å². The van der Waals surface area contributed by atoms with Crippen molar-refractivity contribution in [3.63, 3.8) is 0 Å². The Morgan fingerprint density at radius 1 is 0.964 bits per heavy atom. The molecule has 0 spiro atoms. The number of rotatable bonds is 5. The van der Waals surface area contributed by atoms with Gasteiger partial charge in [0.2, 0.25) is 0 Å². The molecule has 7 nitrogen and oxygen atoms in total. The number of ether oxygens (including phenoxy) is 1. The van der Waals surface area contributed by atoms with E-state index in [1.807, 2.05) is 0 Å². The highest BCUT2D eigenvalue weighted by Crippen LogP contribution is 2.23. The van der Waals surface area contributed by atoms with Crippen LogP contribution >= 0.6 is 0 Å². The number of para-hydroxylation sites is 1. The van der Waals surface area contributed by atoms with Crippen molar-refractivity contribution in [3.05, 3.63) is 78.4 Å².